The highest BCUT2D eigenvalue weighted by molar-refractivity contribution is 4.73. The van der Waals surface area contributed by atoms with Gasteiger partial charge in [0.25, 0.3) is 0 Å². The van der Waals surface area contributed by atoms with E-state index in [1.807, 2.05) is 0 Å². The molecule has 0 aliphatic heterocycles. The first kappa shape index (κ1) is 16.8. The van der Waals surface area contributed by atoms with Crippen LogP contribution in [0.5, 0.6) is 0 Å². The van der Waals surface area contributed by atoms with Crippen molar-refractivity contribution in [3.8, 4) is 0 Å². The third-order valence-corrected chi connectivity index (χ3v) is 2.67. The molecule has 0 radical (unpaired) electrons. The summed E-state index contributed by atoms with van der Waals surface area (Å²) in [6.07, 6.45) is 0. The first-order valence-corrected chi connectivity index (χ1v) is 6.21. The van der Waals surface area contributed by atoms with Gasteiger partial charge in [-0.15, -0.1) is 0 Å². The predicted octanol–water partition coefficient (Wildman–Crippen LogP) is 0.206. The predicted molar refractivity (Wildman–Crippen MR) is 69.5 cm³/mol. The molecule has 0 aliphatic rings. The molecule has 0 heterocycles. The lowest BCUT2D eigenvalue weighted by atomic mass is 10.2. The quantitative estimate of drug-likeness (QED) is 0.535. The maximum Gasteiger partial charge on any atom is 0.0630 e. The molecule has 0 fully saturated rings. The Kier molecular flexibility index (Phi) is 12.1. The number of ether oxygens (including phenoxy) is 3. The molecule has 0 aromatic rings. The minimum atomic E-state index is 0.366. The third kappa shape index (κ3) is 8.51. The summed E-state index contributed by atoms with van der Waals surface area (Å²) < 4.78 is 15.6. The normalized spacial score (nSPS) is 13.2. The topological polar surface area (TPSA) is 43.0 Å². The molecule has 5 heteroatoms. The van der Waals surface area contributed by atoms with Crippen LogP contribution in [0.15, 0.2) is 0 Å². The number of hydrogen-bond acceptors (Lipinski definition) is 5. The summed E-state index contributed by atoms with van der Waals surface area (Å²) in [6, 6.07) is 0.366. The standard InChI is InChI=1S/C12H28N2O3/c1-5-13-10-12(11-17-4)14(6-8-15-2)7-9-16-3/h12-13H,5-11H2,1-4H3. The lowest BCUT2D eigenvalue weighted by Crippen LogP contribution is -2.47. The summed E-state index contributed by atoms with van der Waals surface area (Å²) in [5, 5.41) is 3.36. The Balaban J connectivity index is 4.20. The molecule has 0 amide bonds. The average molecular weight is 248 g/mol. The van der Waals surface area contributed by atoms with E-state index in [1.165, 1.54) is 0 Å². The fourth-order valence-electron chi connectivity index (χ4n) is 1.69. The first-order chi connectivity index (χ1) is 8.29. The van der Waals surface area contributed by atoms with Crippen molar-refractivity contribution in [1.82, 2.24) is 10.2 Å². The van der Waals surface area contributed by atoms with Gasteiger partial charge in [-0.3, -0.25) is 4.90 Å². The number of nitrogens with zero attached hydrogens (tertiary/aromatic N) is 1. The van der Waals surface area contributed by atoms with Crippen LogP contribution >= 0.6 is 0 Å². The molecule has 1 unspecified atom stereocenters. The molecule has 0 aliphatic carbocycles. The molecule has 0 rings (SSSR count). The van der Waals surface area contributed by atoms with Crippen molar-refractivity contribution in [3.05, 3.63) is 0 Å². The highest BCUT2D eigenvalue weighted by Gasteiger charge is 2.17. The Morgan fingerprint density at radius 1 is 1.00 bits per heavy atom. The molecule has 0 spiro atoms. The summed E-state index contributed by atoms with van der Waals surface area (Å²) in [6.45, 7) is 8.00. The molecular formula is C12H28N2O3. The highest BCUT2D eigenvalue weighted by Crippen LogP contribution is 2.00. The zero-order chi connectivity index (χ0) is 12.9. The van der Waals surface area contributed by atoms with Crippen molar-refractivity contribution in [2.45, 2.75) is 13.0 Å². The van der Waals surface area contributed by atoms with Crippen LogP contribution in [0.3, 0.4) is 0 Å². The number of hydrogen-bond donors (Lipinski definition) is 1. The van der Waals surface area contributed by atoms with Crippen molar-refractivity contribution in [2.24, 2.45) is 0 Å². The van der Waals surface area contributed by atoms with E-state index < -0.39 is 0 Å². The SMILES string of the molecule is CCNCC(COC)N(CCOC)CCOC. The van der Waals surface area contributed by atoms with Crippen molar-refractivity contribution in [3.63, 3.8) is 0 Å². The fourth-order valence-corrected chi connectivity index (χ4v) is 1.69. The van der Waals surface area contributed by atoms with Crippen LogP contribution in [-0.2, 0) is 14.2 Å². The van der Waals surface area contributed by atoms with E-state index in [2.05, 4.69) is 17.1 Å². The Hall–Kier alpha value is -0.200. The second kappa shape index (κ2) is 12.3. The Morgan fingerprint density at radius 2 is 1.59 bits per heavy atom. The Labute approximate surface area is 105 Å². The largest absolute Gasteiger partial charge is 0.383 e. The highest BCUT2D eigenvalue weighted by atomic mass is 16.5. The summed E-state index contributed by atoms with van der Waals surface area (Å²) in [7, 11) is 5.19. The van der Waals surface area contributed by atoms with Crippen LogP contribution in [0.4, 0.5) is 0 Å². The number of methoxy groups -OCH3 is 3. The molecular weight excluding hydrogens is 220 g/mol. The summed E-state index contributed by atoms with van der Waals surface area (Å²) in [5.74, 6) is 0. The van der Waals surface area contributed by atoms with Gasteiger partial charge in [0.2, 0.25) is 0 Å². The second-order valence-electron chi connectivity index (χ2n) is 3.94. The van der Waals surface area contributed by atoms with Gasteiger partial charge in [-0.25, -0.2) is 0 Å². The molecule has 0 aromatic carbocycles. The van der Waals surface area contributed by atoms with Crippen molar-refractivity contribution < 1.29 is 14.2 Å². The average Bonchev–Trinajstić information content (AvgIpc) is 2.35. The van der Waals surface area contributed by atoms with E-state index in [1.54, 1.807) is 21.3 Å². The molecule has 0 saturated heterocycles. The molecule has 1 atom stereocenters. The van der Waals surface area contributed by atoms with Gasteiger partial charge in [0.05, 0.1) is 19.8 Å². The minimum absolute atomic E-state index is 0.366. The maximum absolute atomic E-state index is 5.28. The van der Waals surface area contributed by atoms with Gasteiger partial charge >= 0.3 is 0 Å². The molecule has 1 N–H and O–H groups in total. The first-order valence-electron chi connectivity index (χ1n) is 6.21. The monoisotopic (exact) mass is 248 g/mol. The molecule has 0 aromatic heterocycles. The van der Waals surface area contributed by atoms with Gasteiger partial charge < -0.3 is 19.5 Å². The van der Waals surface area contributed by atoms with E-state index in [0.29, 0.717) is 6.04 Å². The van der Waals surface area contributed by atoms with E-state index in [4.69, 9.17) is 14.2 Å². The summed E-state index contributed by atoms with van der Waals surface area (Å²) in [4.78, 5) is 2.35. The minimum Gasteiger partial charge on any atom is -0.383 e. The molecule has 5 nitrogen and oxygen atoms in total. The summed E-state index contributed by atoms with van der Waals surface area (Å²) >= 11 is 0. The smallest absolute Gasteiger partial charge is 0.0630 e. The molecule has 17 heavy (non-hydrogen) atoms. The van der Waals surface area contributed by atoms with Gasteiger partial charge in [-0.2, -0.15) is 0 Å². The van der Waals surface area contributed by atoms with Crippen LogP contribution in [0, 0.1) is 0 Å². The van der Waals surface area contributed by atoms with Gasteiger partial charge in [-0.05, 0) is 6.54 Å². The van der Waals surface area contributed by atoms with Crippen molar-refractivity contribution in [1.29, 1.82) is 0 Å². The Bertz CT molecular complexity index is 151. The van der Waals surface area contributed by atoms with Gasteiger partial charge in [0, 0.05) is 47.0 Å². The van der Waals surface area contributed by atoms with E-state index >= 15 is 0 Å². The Morgan fingerprint density at radius 3 is 2.00 bits per heavy atom. The molecule has 0 saturated carbocycles. The van der Waals surface area contributed by atoms with E-state index in [0.717, 1.165) is 46.0 Å². The van der Waals surface area contributed by atoms with Crippen LogP contribution in [-0.4, -0.2) is 78.3 Å². The summed E-state index contributed by atoms with van der Waals surface area (Å²) in [5.41, 5.74) is 0. The maximum atomic E-state index is 5.28. The van der Waals surface area contributed by atoms with E-state index in [-0.39, 0.29) is 0 Å². The van der Waals surface area contributed by atoms with Gasteiger partial charge in [0.15, 0.2) is 0 Å². The van der Waals surface area contributed by atoms with Gasteiger partial charge in [0.1, 0.15) is 0 Å². The lowest BCUT2D eigenvalue weighted by Gasteiger charge is -2.31. The lowest BCUT2D eigenvalue weighted by molar-refractivity contribution is 0.0492. The van der Waals surface area contributed by atoms with Crippen LogP contribution in [0.25, 0.3) is 0 Å². The van der Waals surface area contributed by atoms with E-state index in [9.17, 15) is 0 Å². The fraction of sp³-hybridized carbons (Fsp3) is 1.00. The third-order valence-electron chi connectivity index (χ3n) is 2.67. The molecule has 104 valence electrons. The van der Waals surface area contributed by atoms with Crippen LogP contribution < -0.4 is 5.32 Å². The van der Waals surface area contributed by atoms with Crippen molar-refractivity contribution >= 4 is 0 Å². The van der Waals surface area contributed by atoms with Gasteiger partial charge in [-0.1, -0.05) is 6.92 Å². The van der Waals surface area contributed by atoms with Crippen LogP contribution in [0.1, 0.15) is 6.92 Å². The number of nitrogens with one attached hydrogen (secondary N) is 1. The zero-order valence-corrected chi connectivity index (χ0v) is 11.7. The molecule has 0 bridgehead atoms. The van der Waals surface area contributed by atoms with Crippen molar-refractivity contribution in [2.75, 3.05) is 67.3 Å². The second-order valence-corrected chi connectivity index (χ2v) is 3.94. The number of rotatable bonds is 12. The number of likely N-dealkylation sites (N-methyl/N-ethyl adjacent to an activating group) is 1. The van der Waals surface area contributed by atoms with Crippen LogP contribution in [0.2, 0.25) is 0 Å². The zero-order valence-electron chi connectivity index (χ0n) is 11.7.